The topological polar surface area (TPSA) is 97.4 Å². The molecular weight excluding hydrogens is 424 g/mol. The average molecular weight is 453 g/mol. The van der Waals surface area contributed by atoms with Crippen LogP contribution in [0.4, 0.5) is 0 Å². The van der Waals surface area contributed by atoms with Crippen molar-refractivity contribution in [3.8, 4) is 17.2 Å². The van der Waals surface area contributed by atoms with Crippen molar-refractivity contribution in [1.82, 2.24) is 0 Å². The minimum Gasteiger partial charge on any atom is -0.493 e. The van der Waals surface area contributed by atoms with E-state index in [2.05, 4.69) is 0 Å². The van der Waals surface area contributed by atoms with Crippen LogP contribution in [0.1, 0.15) is 29.9 Å². The van der Waals surface area contributed by atoms with Crippen LogP contribution in [0, 0.1) is 6.92 Å². The van der Waals surface area contributed by atoms with E-state index >= 15 is 0 Å². The summed E-state index contributed by atoms with van der Waals surface area (Å²) in [6.45, 7) is 1.74. The van der Waals surface area contributed by atoms with Crippen molar-refractivity contribution in [2.45, 2.75) is 30.6 Å². The molecule has 0 N–H and O–H groups in total. The second kappa shape index (κ2) is 11.0. The Labute approximate surface area is 183 Å². The molecule has 0 radical (unpaired) electrons. The lowest BCUT2D eigenvalue weighted by Crippen LogP contribution is -2.15. The molecule has 31 heavy (non-hydrogen) atoms. The van der Waals surface area contributed by atoms with E-state index in [1.54, 1.807) is 24.3 Å². The van der Waals surface area contributed by atoms with E-state index < -0.39 is 22.0 Å². The average Bonchev–Trinajstić information content (AvgIpc) is 2.77. The molecule has 9 heteroatoms. The Balaban J connectivity index is 2.27. The van der Waals surface area contributed by atoms with Crippen LogP contribution in [0.5, 0.6) is 17.2 Å². The van der Waals surface area contributed by atoms with Crippen LogP contribution >= 0.6 is 0 Å². The van der Waals surface area contributed by atoms with Gasteiger partial charge in [-0.3, -0.25) is 8.98 Å². The molecule has 0 aromatic heterocycles. The smallest absolute Gasteiger partial charge is 0.306 e. The number of carbonyl (C=O) groups is 1. The number of aryl methyl sites for hydroxylation is 1. The van der Waals surface area contributed by atoms with Crippen molar-refractivity contribution < 1.29 is 36.3 Å². The molecule has 2 aromatic carbocycles. The second-order valence-electron chi connectivity index (χ2n) is 6.78. The Morgan fingerprint density at radius 1 is 0.903 bits per heavy atom. The van der Waals surface area contributed by atoms with Crippen LogP contribution in [0.25, 0.3) is 0 Å². The largest absolute Gasteiger partial charge is 0.493 e. The molecular formula is C22H28O8S. The molecule has 0 amide bonds. The zero-order chi connectivity index (χ0) is 23.0. The van der Waals surface area contributed by atoms with E-state index in [0.29, 0.717) is 22.8 Å². The van der Waals surface area contributed by atoms with Crippen LogP contribution in [0.2, 0.25) is 0 Å². The summed E-state index contributed by atoms with van der Waals surface area (Å²) in [6, 6.07) is 9.84. The Morgan fingerprint density at radius 3 is 2.10 bits per heavy atom. The number of rotatable bonds is 11. The molecule has 1 unspecified atom stereocenters. The van der Waals surface area contributed by atoms with Crippen molar-refractivity contribution in [3.05, 3.63) is 47.5 Å². The van der Waals surface area contributed by atoms with Gasteiger partial charge < -0.3 is 18.9 Å². The van der Waals surface area contributed by atoms with E-state index in [-0.39, 0.29) is 24.3 Å². The van der Waals surface area contributed by atoms with Gasteiger partial charge >= 0.3 is 5.97 Å². The first kappa shape index (κ1) is 24.5. The zero-order valence-corrected chi connectivity index (χ0v) is 19.2. The maximum atomic E-state index is 12.5. The molecule has 0 heterocycles. The molecule has 0 aliphatic carbocycles. The maximum absolute atomic E-state index is 12.5. The first-order valence-electron chi connectivity index (χ1n) is 9.59. The van der Waals surface area contributed by atoms with Gasteiger partial charge in [0.2, 0.25) is 5.75 Å². The Morgan fingerprint density at radius 2 is 1.55 bits per heavy atom. The van der Waals surface area contributed by atoms with Gasteiger partial charge in [-0.2, -0.15) is 8.42 Å². The van der Waals surface area contributed by atoms with Gasteiger partial charge in [0, 0.05) is 11.5 Å². The third-order valence-electron chi connectivity index (χ3n) is 4.83. The standard InChI is InChI=1S/C22H28O8S/c1-15-6-8-17(9-7-15)31(24,25)30-13-12-16(14-20(23)27-3)18-10-11-19(26-2)22(29-5)21(18)28-4/h6-11,16H,12-14H2,1-5H3. The van der Waals surface area contributed by atoms with Gasteiger partial charge in [-0.15, -0.1) is 0 Å². The van der Waals surface area contributed by atoms with Gasteiger partial charge in [-0.05, 0) is 31.5 Å². The molecule has 0 spiro atoms. The van der Waals surface area contributed by atoms with Crippen LogP contribution in [0.3, 0.4) is 0 Å². The maximum Gasteiger partial charge on any atom is 0.306 e. The Bertz CT molecular complexity index is 983. The van der Waals surface area contributed by atoms with E-state index in [4.69, 9.17) is 23.1 Å². The molecule has 2 rings (SSSR count). The van der Waals surface area contributed by atoms with Gasteiger partial charge in [0.15, 0.2) is 11.5 Å². The summed E-state index contributed by atoms with van der Waals surface area (Å²) in [5.74, 6) is 0.375. The number of methoxy groups -OCH3 is 4. The van der Waals surface area contributed by atoms with E-state index in [1.807, 2.05) is 6.92 Å². The molecule has 0 aliphatic rings. The number of benzene rings is 2. The zero-order valence-electron chi connectivity index (χ0n) is 18.3. The van der Waals surface area contributed by atoms with Gasteiger partial charge in [0.05, 0.1) is 46.4 Å². The fourth-order valence-corrected chi connectivity index (χ4v) is 4.09. The number of hydrogen-bond donors (Lipinski definition) is 0. The lowest BCUT2D eigenvalue weighted by Gasteiger charge is -2.22. The van der Waals surface area contributed by atoms with Crippen molar-refractivity contribution in [2.75, 3.05) is 35.0 Å². The van der Waals surface area contributed by atoms with Crippen LogP contribution in [0.15, 0.2) is 41.3 Å². The molecule has 0 bridgehead atoms. The first-order chi connectivity index (χ1) is 14.8. The SMILES string of the molecule is COC(=O)CC(CCOS(=O)(=O)c1ccc(C)cc1)c1ccc(OC)c(OC)c1OC. The minimum absolute atomic E-state index is 0.0102. The van der Waals surface area contributed by atoms with Crippen molar-refractivity contribution in [1.29, 1.82) is 0 Å². The summed E-state index contributed by atoms with van der Waals surface area (Å²) in [4.78, 5) is 12.1. The molecule has 0 fully saturated rings. The highest BCUT2D eigenvalue weighted by molar-refractivity contribution is 7.86. The molecule has 8 nitrogen and oxygen atoms in total. The highest BCUT2D eigenvalue weighted by atomic mass is 32.2. The summed E-state index contributed by atoms with van der Waals surface area (Å²) in [5.41, 5.74) is 1.60. The highest BCUT2D eigenvalue weighted by Crippen LogP contribution is 2.44. The molecule has 1 atom stereocenters. The predicted octanol–water partition coefficient (Wildman–Crippen LogP) is 3.46. The predicted molar refractivity (Wildman–Crippen MR) is 114 cm³/mol. The number of carbonyl (C=O) groups excluding carboxylic acids is 1. The van der Waals surface area contributed by atoms with Gasteiger partial charge in [-0.1, -0.05) is 23.8 Å². The molecule has 170 valence electrons. The fourth-order valence-electron chi connectivity index (χ4n) is 3.17. The molecule has 0 aliphatic heterocycles. The summed E-state index contributed by atoms with van der Waals surface area (Å²) in [7, 11) is 1.84. The van der Waals surface area contributed by atoms with Crippen LogP contribution < -0.4 is 14.2 Å². The van der Waals surface area contributed by atoms with Gasteiger partial charge in [0.25, 0.3) is 10.1 Å². The Hall–Kier alpha value is -2.78. The second-order valence-corrected chi connectivity index (χ2v) is 8.39. The third-order valence-corrected chi connectivity index (χ3v) is 6.16. The fraction of sp³-hybridized carbons (Fsp3) is 0.409. The summed E-state index contributed by atoms with van der Waals surface area (Å²) in [6.07, 6.45) is 0.238. The lowest BCUT2D eigenvalue weighted by molar-refractivity contribution is -0.141. The molecule has 2 aromatic rings. The normalized spacial score (nSPS) is 12.2. The van der Waals surface area contributed by atoms with Gasteiger partial charge in [-0.25, -0.2) is 0 Å². The monoisotopic (exact) mass is 452 g/mol. The van der Waals surface area contributed by atoms with Crippen molar-refractivity contribution in [2.24, 2.45) is 0 Å². The number of esters is 1. The van der Waals surface area contributed by atoms with E-state index in [1.165, 1.54) is 40.6 Å². The third kappa shape index (κ3) is 6.11. The summed E-state index contributed by atoms with van der Waals surface area (Å²) < 4.78 is 51.2. The van der Waals surface area contributed by atoms with E-state index in [9.17, 15) is 13.2 Å². The lowest BCUT2D eigenvalue weighted by atomic mass is 9.91. The number of hydrogen-bond acceptors (Lipinski definition) is 8. The highest BCUT2D eigenvalue weighted by Gasteiger charge is 2.26. The number of ether oxygens (including phenoxy) is 4. The van der Waals surface area contributed by atoms with Gasteiger partial charge in [0.1, 0.15) is 0 Å². The summed E-state index contributed by atoms with van der Waals surface area (Å²) >= 11 is 0. The molecule has 0 saturated carbocycles. The van der Waals surface area contributed by atoms with Crippen molar-refractivity contribution >= 4 is 16.1 Å². The van der Waals surface area contributed by atoms with E-state index in [0.717, 1.165) is 5.56 Å². The quantitative estimate of drug-likeness (QED) is 0.378. The van der Waals surface area contributed by atoms with Crippen molar-refractivity contribution in [3.63, 3.8) is 0 Å². The first-order valence-corrected chi connectivity index (χ1v) is 11.0. The van der Waals surface area contributed by atoms with Crippen LogP contribution in [-0.2, 0) is 23.8 Å². The minimum atomic E-state index is -3.92. The summed E-state index contributed by atoms with van der Waals surface area (Å²) in [5, 5.41) is 0. The molecule has 0 saturated heterocycles. The van der Waals surface area contributed by atoms with Crippen LogP contribution in [-0.4, -0.2) is 49.4 Å². The Kier molecular flexibility index (Phi) is 8.70.